The van der Waals surface area contributed by atoms with Gasteiger partial charge >= 0.3 is 0 Å². The second-order valence-corrected chi connectivity index (χ2v) is 10.5. The van der Waals surface area contributed by atoms with Crippen molar-refractivity contribution in [1.29, 1.82) is 0 Å². The van der Waals surface area contributed by atoms with E-state index in [0.717, 1.165) is 20.9 Å². The van der Waals surface area contributed by atoms with Gasteiger partial charge in [-0.3, -0.25) is 9.69 Å². The van der Waals surface area contributed by atoms with E-state index in [1.165, 1.54) is 0 Å². The van der Waals surface area contributed by atoms with Gasteiger partial charge in [-0.15, -0.1) is 0 Å². The number of H-pyrrole nitrogens is 1. The first kappa shape index (κ1) is 20.1. The molecule has 0 bridgehead atoms. The summed E-state index contributed by atoms with van der Waals surface area (Å²) in [5.41, 5.74) is 2.77. The molecule has 29 heavy (non-hydrogen) atoms. The summed E-state index contributed by atoms with van der Waals surface area (Å²) in [6, 6.07) is 15.0. The minimum absolute atomic E-state index is 0.0849. The molecule has 1 aromatic heterocycles. The molecule has 8 heteroatoms. The SMILES string of the molecule is O=C(Nc1cccc(Br)c1)[C@H](Cc1c[nH]c2ccccc12)N1CCS(=O)(=O)CC1. The Balaban J connectivity index is 1.60. The fraction of sp³-hybridized carbons (Fsp3) is 0.286. The van der Waals surface area contributed by atoms with Crippen molar-refractivity contribution in [2.24, 2.45) is 0 Å². The van der Waals surface area contributed by atoms with E-state index in [0.29, 0.717) is 25.2 Å². The van der Waals surface area contributed by atoms with Crippen molar-refractivity contribution >= 4 is 48.3 Å². The summed E-state index contributed by atoms with van der Waals surface area (Å²) in [5.74, 6) is 0.0380. The molecule has 0 saturated carbocycles. The highest BCUT2D eigenvalue weighted by molar-refractivity contribution is 9.10. The van der Waals surface area contributed by atoms with Gasteiger partial charge in [0.1, 0.15) is 0 Å². The highest BCUT2D eigenvalue weighted by Crippen LogP contribution is 2.23. The van der Waals surface area contributed by atoms with E-state index < -0.39 is 15.9 Å². The minimum Gasteiger partial charge on any atom is -0.361 e. The average molecular weight is 476 g/mol. The van der Waals surface area contributed by atoms with Crippen LogP contribution >= 0.6 is 15.9 Å². The van der Waals surface area contributed by atoms with Gasteiger partial charge in [-0.05, 0) is 36.2 Å². The molecule has 2 aromatic carbocycles. The van der Waals surface area contributed by atoms with E-state index in [9.17, 15) is 13.2 Å². The Kier molecular flexibility index (Phi) is 5.76. The molecule has 0 aliphatic carbocycles. The molecule has 1 amide bonds. The number of rotatable bonds is 5. The van der Waals surface area contributed by atoms with Gasteiger partial charge in [0.05, 0.1) is 17.5 Å². The lowest BCUT2D eigenvalue weighted by atomic mass is 10.0. The predicted octanol–water partition coefficient (Wildman–Crippen LogP) is 3.21. The smallest absolute Gasteiger partial charge is 0.242 e. The van der Waals surface area contributed by atoms with E-state index in [1.54, 1.807) is 0 Å². The molecule has 1 fully saturated rings. The van der Waals surface area contributed by atoms with Crippen LogP contribution in [-0.2, 0) is 21.1 Å². The predicted molar refractivity (Wildman–Crippen MR) is 119 cm³/mol. The third-order valence-electron chi connectivity index (χ3n) is 5.30. The Morgan fingerprint density at radius 2 is 1.90 bits per heavy atom. The maximum Gasteiger partial charge on any atom is 0.242 e. The number of anilines is 1. The molecule has 4 rings (SSSR count). The van der Waals surface area contributed by atoms with Crippen LogP contribution in [0.2, 0.25) is 0 Å². The highest BCUT2D eigenvalue weighted by atomic mass is 79.9. The fourth-order valence-electron chi connectivity index (χ4n) is 3.73. The topological polar surface area (TPSA) is 82.3 Å². The molecule has 0 radical (unpaired) electrons. The molecule has 2 N–H and O–H groups in total. The van der Waals surface area contributed by atoms with Crippen molar-refractivity contribution in [2.75, 3.05) is 29.9 Å². The summed E-state index contributed by atoms with van der Waals surface area (Å²) in [4.78, 5) is 18.5. The molecule has 2 heterocycles. The number of aromatic nitrogens is 1. The molecule has 3 aromatic rings. The largest absolute Gasteiger partial charge is 0.361 e. The molecule has 6 nitrogen and oxygen atoms in total. The van der Waals surface area contributed by atoms with Crippen molar-refractivity contribution in [3.8, 4) is 0 Å². The third kappa shape index (κ3) is 4.71. The summed E-state index contributed by atoms with van der Waals surface area (Å²) in [6.07, 6.45) is 2.44. The standard InChI is InChI=1S/C21H22BrN3O3S/c22-16-4-3-5-17(13-16)24-21(26)20(25-8-10-29(27,28)11-9-25)12-15-14-23-19-7-2-1-6-18(15)19/h1-7,13-14,20,23H,8-12H2,(H,24,26)/t20-/m0/s1. The van der Waals surface area contributed by atoms with E-state index >= 15 is 0 Å². The van der Waals surface area contributed by atoms with Crippen LogP contribution in [-0.4, -0.2) is 54.8 Å². The van der Waals surface area contributed by atoms with Crippen LogP contribution in [0, 0.1) is 0 Å². The molecule has 152 valence electrons. The highest BCUT2D eigenvalue weighted by Gasteiger charge is 2.32. The second kappa shape index (κ2) is 8.30. The Bertz CT molecular complexity index is 1130. The summed E-state index contributed by atoms with van der Waals surface area (Å²) in [6.45, 7) is 0.725. The summed E-state index contributed by atoms with van der Waals surface area (Å²) in [7, 11) is -3.02. The number of fused-ring (bicyclic) bond motifs is 1. The number of para-hydroxylation sites is 1. The van der Waals surface area contributed by atoms with Gasteiger partial charge in [0.15, 0.2) is 9.84 Å². The number of amides is 1. The Labute approximate surface area is 178 Å². The molecule has 0 spiro atoms. The van der Waals surface area contributed by atoms with Gasteiger partial charge in [0.2, 0.25) is 5.91 Å². The number of nitrogens with zero attached hydrogens (tertiary/aromatic N) is 1. The first-order valence-corrected chi connectivity index (χ1v) is 12.1. The van der Waals surface area contributed by atoms with Crippen LogP contribution in [0.4, 0.5) is 5.69 Å². The van der Waals surface area contributed by atoms with Gasteiger partial charge in [-0.1, -0.05) is 40.2 Å². The Morgan fingerprint density at radius 3 is 2.66 bits per heavy atom. The Morgan fingerprint density at radius 1 is 1.14 bits per heavy atom. The van der Waals surface area contributed by atoms with Crippen molar-refractivity contribution in [3.63, 3.8) is 0 Å². The first-order valence-electron chi connectivity index (χ1n) is 9.47. The minimum atomic E-state index is -3.02. The normalized spacial score (nSPS) is 17.8. The number of benzene rings is 2. The molecule has 1 aliphatic rings. The van der Waals surface area contributed by atoms with E-state index in [2.05, 4.69) is 26.2 Å². The maximum atomic E-state index is 13.2. The van der Waals surface area contributed by atoms with E-state index in [1.807, 2.05) is 59.6 Å². The molecular weight excluding hydrogens is 454 g/mol. The van der Waals surface area contributed by atoms with Crippen LogP contribution in [0.1, 0.15) is 5.56 Å². The summed E-state index contributed by atoms with van der Waals surface area (Å²) < 4.78 is 24.6. The number of nitrogens with one attached hydrogen (secondary N) is 2. The number of aromatic amines is 1. The second-order valence-electron chi connectivity index (χ2n) is 7.27. The molecule has 0 unspecified atom stereocenters. The fourth-order valence-corrected chi connectivity index (χ4v) is 5.36. The van der Waals surface area contributed by atoms with Crippen LogP contribution in [0.15, 0.2) is 59.2 Å². The lowest BCUT2D eigenvalue weighted by Crippen LogP contribution is -2.51. The van der Waals surface area contributed by atoms with Crippen molar-refractivity contribution in [1.82, 2.24) is 9.88 Å². The lowest BCUT2D eigenvalue weighted by molar-refractivity contribution is -0.121. The van der Waals surface area contributed by atoms with Crippen LogP contribution in [0.5, 0.6) is 0 Å². The van der Waals surface area contributed by atoms with Crippen LogP contribution in [0.25, 0.3) is 10.9 Å². The maximum absolute atomic E-state index is 13.2. The zero-order valence-electron chi connectivity index (χ0n) is 15.8. The number of hydrogen-bond donors (Lipinski definition) is 2. The number of carbonyl (C=O) groups excluding carboxylic acids is 1. The van der Waals surface area contributed by atoms with Crippen molar-refractivity contribution in [2.45, 2.75) is 12.5 Å². The zero-order valence-corrected chi connectivity index (χ0v) is 18.2. The van der Waals surface area contributed by atoms with E-state index in [-0.39, 0.29) is 17.4 Å². The number of carbonyl (C=O) groups is 1. The van der Waals surface area contributed by atoms with Crippen LogP contribution < -0.4 is 5.32 Å². The van der Waals surface area contributed by atoms with Gasteiger partial charge in [0.25, 0.3) is 0 Å². The van der Waals surface area contributed by atoms with Crippen LogP contribution in [0.3, 0.4) is 0 Å². The van der Waals surface area contributed by atoms with Gasteiger partial charge in [0, 0.05) is 40.3 Å². The van der Waals surface area contributed by atoms with Crippen molar-refractivity contribution in [3.05, 3.63) is 64.8 Å². The summed E-state index contributed by atoms with van der Waals surface area (Å²) >= 11 is 3.42. The quantitative estimate of drug-likeness (QED) is 0.593. The van der Waals surface area contributed by atoms with Gasteiger partial charge < -0.3 is 10.3 Å². The monoisotopic (exact) mass is 475 g/mol. The zero-order chi connectivity index (χ0) is 20.4. The molecular formula is C21H22BrN3O3S. The number of hydrogen-bond acceptors (Lipinski definition) is 4. The Hall–Kier alpha value is -2.16. The number of halogens is 1. The first-order chi connectivity index (χ1) is 13.9. The van der Waals surface area contributed by atoms with E-state index in [4.69, 9.17) is 0 Å². The van der Waals surface area contributed by atoms with Gasteiger partial charge in [-0.2, -0.15) is 0 Å². The average Bonchev–Trinajstić information content (AvgIpc) is 3.09. The van der Waals surface area contributed by atoms with Crippen molar-refractivity contribution < 1.29 is 13.2 Å². The summed E-state index contributed by atoms with van der Waals surface area (Å²) in [5, 5.41) is 4.07. The third-order valence-corrected chi connectivity index (χ3v) is 7.41. The molecule has 1 aliphatic heterocycles. The van der Waals surface area contributed by atoms with Gasteiger partial charge in [-0.25, -0.2) is 8.42 Å². The molecule has 1 atom stereocenters. The molecule has 1 saturated heterocycles. The number of sulfone groups is 1. The lowest BCUT2D eigenvalue weighted by Gasteiger charge is -2.33.